The molecule has 0 bridgehead atoms. The van der Waals surface area contributed by atoms with Gasteiger partial charge in [0, 0.05) is 12.1 Å². The second-order valence-corrected chi connectivity index (χ2v) is 6.32. The zero-order chi connectivity index (χ0) is 15.5. The molecule has 0 atom stereocenters. The number of aryl methyl sites for hydroxylation is 1. The zero-order valence-corrected chi connectivity index (χ0v) is 12.3. The highest BCUT2D eigenvalue weighted by Crippen LogP contribution is 2.13. The van der Waals surface area contributed by atoms with Crippen LogP contribution in [0.2, 0.25) is 0 Å². The smallest absolute Gasteiger partial charge is 0.207 e. The van der Waals surface area contributed by atoms with E-state index in [9.17, 15) is 17.2 Å². The monoisotopic (exact) mass is 311 g/mol. The van der Waals surface area contributed by atoms with Crippen molar-refractivity contribution in [1.82, 2.24) is 4.72 Å². The molecule has 0 amide bonds. The molecule has 2 aromatic carbocycles. The third-order valence-electron chi connectivity index (χ3n) is 3.10. The molecule has 0 heterocycles. The largest absolute Gasteiger partial charge is 0.240 e. The summed E-state index contributed by atoms with van der Waals surface area (Å²) < 4.78 is 52.9. The van der Waals surface area contributed by atoms with Crippen molar-refractivity contribution in [3.8, 4) is 0 Å². The molecule has 2 aromatic rings. The molecule has 3 nitrogen and oxygen atoms in total. The number of nitrogens with one attached hydrogen (secondary N) is 1. The first-order valence-electron chi connectivity index (χ1n) is 6.45. The summed E-state index contributed by atoms with van der Waals surface area (Å²) in [6.45, 7) is 1.66. The zero-order valence-electron chi connectivity index (χ0n) is 11.4. The van der Waals surface area contributed by atoms with Crippen LogP contribution >= 0.6 is 0 Å². The minimum Gasteiger partial charge on any atom is -0.207 e. The Bertz CT molecular complexity index is 728. The van der Waals surface area contributed by atoms with Gasteiger partial charge in [-0.05, 0) is 42.3 Å². The van der Waals surface area contributed by atoms with Crippen molar-refractivity contribution in [2.75, 3.05) is 0 Å². The number of halogens is 2. The van der Waals surface area contributed by atoms with Crippen LogP contribution in [0.4, 0.5) is 8.78 Å². The average molecular weight is 311 g/mol. The summed E-state index contributed by atoms with van der Waals surface area (Å²) in [7, 11) is -3.75. The first kappa shape index (κ1) is 15.6. The Morgan fingerprint density at radius 2 is 1.71 bits per heavy atom. The number of benzene rings is 2. The van der Waals surface area contributed by atoms with E-state index in [-0.39, 0.29) is 17.0 Å². The average Bonchev–Trinajstić information content (AvgIpc) is 2.48. The van der Waals surface area contributed by atoms with E-state index in [0.29, 0.717) is 0 Å². The standard InChI is InChI=1S/C15H15F2NO2S/c1-2-11-3-6-14(7-4-11)21(19,20)18-10-12-9-13(16)5-8-15(12)17/h3-9,18H,2,10H2,1H3. The van der Waals surface area contributed by atoms with E-state index in [1.165, 1.54) is 12.1 Å². The number of hydrogen-bond donors (Lipinski definition) is 1. The molecular weight excluding hydrogens is 296 g/mol. The van der Waals surface area contributed by atoms with E-state index in [4.69, 9.17) is 0 Å². The van der Waals surface area contributed by atoms with Crippen molar-refractivity contribution in [2.45, 2.75) is 24.8 Å². The van der Waals surface area contributed by atoms with Crippen LogP contribution in [0.5, 0.6) is 0 Å². The molecule has 21 heavy (non-hydrogen) atoms. The van der Waals surface area contributed by atoms with E-state index < -0.39 is 21.7 Å². The maximum atomic E-state index is 13.4. The van der Waals surface area contributed by atoms with E-state index in [2.05, 4.69) is 4.72 Å². The molecule has 0 unspecified atom stereocenters. The minimum absolute atomic E-state index is 0.0382. The second-order valence-electron chi connectivity index (χ2n) is 4.56. The fourth-order valence-corrected chi connectivity index (χ4v) is 2.85. The predicted molar refractivity (Wildman–Crippen MR) is 76.2 cm³/mol. The van der Waals surface area contributed by atoms with Crippen LogP contribution in [0.3, 0.4) is 0 Å². The molecule has 0 aliphatic heterocycles. The Kier molecular flexibility index (Phi) is 4.69. The summed E-state index contributed by atoms with van der Waals surface area (Å²) in [6.07, 6.45) is 0.808. The Morgan fingerprint density at radius 3 is 2.33 bits per heavy atom. The number of hydrogen-bond acceptors (Lipinski definition) is 2. The summed E-state index contributed by atoms with van der Waals surface area (Å²) in [4.78, 5) is 0.0940. The van der Waals surface area contributed by atoms with Crippen LogP contribution in [-0.4, -0.2) is 8.42 Å². The van der Waals surface area contributed by atoms with Gasteiger partial charge in [-0.1, -0.05) is 19.1 Å². The quantitative estimate of drug-likeness (QED) is 0.922. The predicted octanol–water partition coefficient (Wildman–Crippen LogP) is 3.01. The molecule has 2 rings (SSSR count). The van der Waals surface area contributed by atoms with Crippen molar-refractivity contribution in [3.63, 3.8) is 0 Å². The maximum absolute atomic E-state index is 13.4. The molecule has 0 saturated carbocycles. The molecule has 0 spiro atoms. The van der Waals surface area contributed by atoms with Crippen LogP contribution in [0.25, 0.3) is 0 Å². The topological polar surface area (TPSA) is 46.2 Å². The van der Waals surface area contributed by atoms with Crippen molar-refractivity contribution in [3.05, 3.63) is 65.2 Å². The van der Waals surface area contributed by atoms with E-state index in [0.717, 1.165) is 30.2 Å². The molecule has 0 aromatic heterocycles. The Morgan fingerprint density at radius 1 is 1.05 bits per heavy atom. The van der Waals surface area contributed by atoms with Crippen LogP contribution < -0.4 is 4.72 Å². The van der Waals surface area contributed by atoms with Crippen molar-refractivity contribution in [2.24, 2.45) is 0 Å². The van der Waals surface area contributed by atoms with Gasteiger partial charge in [0.15, 0.2) is 0 Å². The Labute approximate surface area is 122 Å². The van der Waals surface area contributed by atoms with Gasteiger partial charge in [0.05, 0.1) is 4.90 Å². The van der Waals surface area contributed by atoms with Gasteiger partial charge in [-0.2, -0.15) is 0 Å². The molecule has 0 aliphatic rings. The summed E-state index contributed by atoms with van der Waals surface area (Å²) in [5.41, 5.74) is 0.980. The van der Waals surface area contributed by atoms with Gasteiger partial charge in [0.1, 0.15) is 11.6 Å². The lowest BCUT2D eigenvalue weighted by molar-refractivity contribution is 0.567. The molecule has 1 N–H and O–H groups in total. The van der Waals surface area contributed by atoms with Crippen molar-refractivity contribution < 1.29 is 17.2 Å². The van der Waals surface area contributed by atoms with Gasteiger partial charge in [-0.15, -0.1) is 0 Å². The van der Waals surface area contributed by atoms with E-state index in [1.807, 2.05) is 6.92 Å². The Hall–Kier alpha value is -1.79. The van der Waals surface area contributed by atoms with E-state index in [1.54, 1.807) is 12.1 Å². The molecular formula is C15H15F2NO2S. The third kappa shape index (κ3) is 3.86. The van der Waals surface area contributed by atoms with Gasteiger partial charge < -0.3 is 0 Å². The first-order valence-corrected chi connectivity index (χ1v) is 7.93. The lowest BCUT2D eigenvalue weighted by Gasteiger charge is -2.08. The number of rotatable bonds is 5. The number of sulfonamides is 1. The summed E-state index contributed by atoms with van der Waals surface area (Å²) in [5.74, 6) is -1.27. The molecule has 0 saturated heterocycles. The highest BCUT2D eigenvalue weighted by Gasteiger charge is 2.14. The van der Waals surface area contributed by atoms with Crippen LogP contribution in [0.1, 0.15) is 18.1 Å². The maximum Gasteiger partial charge on any atom is 0.240 e. The highest BCUT2D eigenvalue weighted by atomic mass is 32.2. The van der Waals surface area contributed by atoms with Crippen LogP contribution in [0.15, 0.2) is 47.4 Å². The fourth-order valence-electron chi connectivity index (χ4n) is 1.84. The third-order valence-corrected chi connectivity index (χ3v) is 4.52. The normalized spacial score (nSPS) is 11.6. The van der Waals surface area contributed by atoms with Gasteiger partial charge in [0.2, 0.25) is 10.0 Å². The van der Waals surface area contributed by atoms with Gasteiger partial charge >= 0.3 is 0 Å². The molecule has 0 aliphatic carbocycles. The minimum atomic E-state index is -3.75. The molecule has 6 heteroatoms. The van der Waals surface area contributed by atoms with Gasteiger partial charge in [0.25, 0.3) is 0 Å². The summed E-state index contributed by atoms with van der Waals surface area (Å²) >= 11 is 0. The Balaban J connectivity index is 2.15. The first-order chi connectivity index (χ1) is 9.92. The van der Waals surface area contributed by atoms with Crippen LogP contribution in [-0.2, 0) is 23.0 Å². The summed E-state index contributed by atoms with van der Waals surface area (Å²) in [5, 5.41) is 0. The fraction of sp³-hybridized carbons (Fsp3) is 0.200. The lowest BCUT2D eigenvalue weighted by Crippen LogP contribution is -2.23. The molecule has 0 radical (unpaired) electrons. The SMILES string of the molecule is CCc1ccc(S(=O)(=O)NCc2cc(F)ccc2F)cc1. The molecule has 0 fully saturated rings. The van der Waals surface area contributed by atoms with Crippen molar-refractivity contribution >= 4 is 10.0 Å². The van der Waals surface area contributed by atoms with Crippen LogP contribution in [0, 0.1) is 11.6 Å². The molecule has 112 valence electrons. The second kappa shape index (κ2) is 6.32. The lowest BCUT2D eigenvalue weighted by atomic mass is 10.2. The highest BCUT2D eigenvalue weighted by molar-refractivity contribution is 7.89. The summed E-state index contributed by atoms with van der Waals surface area (Å²) in [6, 6.07) is 9.34. The van der Waals surface area contributed by atoms with Gasteiger partial charge in [-0.3, -0.25) is 0 Å². The van der Waals surface area contributed by atoms with Gasteiger partial charge in [-0.25, -0.2) is 21.9 Å². The van der Waals surface area contributed by atoms with E-state index >= 15 is 0 Å². The van der Waals surface area contributed by atoms with Crippen molar-refractivity contribution in [1.29, 1.82) is 0 Å².